The van der Waals surface area contributed by atoms with Gasteiger partial charge in [0.2, 0.25) is 0 Å². The van der Waals surface area contributed by atoms with E-state index in [-0.39, 0.29) is 18.1 Å². The van der Waals surface area contributed by atoms with Crippen LogP contribution < -0.4 is 5.32 Å². The second-order valence-electron chi connectivity index (χ2n) is 6.69. The van der Waals surface area contributed by atoms with E-state index in [1.807, 2.05) is 32.2 Å². The number of carbonyl (C=O) groups excluding carboxylic acids is 1. The topological polar surface area (TPSA) is 70.4 Å². The molecule has 1 aliphatic rings. The molecule has 25 heavy (non-hydrogen) atoms. The molecule has 2 aromatic rings. The van der Waals surface area contributed by atoms with E-state index in [0.29, 0.717) is 25.1 Å². The Morgan fingerprint density at radius 1 is 1.36 bits per heavy atom. The highest BCUT2D eigenvalue weighted by Crippen LogP contribution is 2.20. The Kier molecular flexibility index (Phi) is 5.50. The lowest BCUT2D eigenvalue weighted by atomic mass is 10.1. The van der Waals surface area contributed by atoms with Gasteiger partial charge >= 0.3 is 0 Å². The number of aliphatic hydroxyl groups is 1. The highest BCUT2D eigenvalue weighted by molar-refractivity contribution is 5.95. The molecule has 0 radical (unpaired) electrons. The van der Waals surface area contributed by atoms with Gasteiger partial charge < -0.3 is 10.4 Å². The van der Waals surface area contributed by atoms with Gasteiger partial charge in [0.05, 0.1) is 17.4 Å². The molecule has 0 aliphatic carbocycles. The summed E-state index contributed by atoms with van der Waals surface area (Å²) in [7, 11) is 1.82. The maximum absolute atomic E-state index is 12.5. The van der Waals surface area contributed by atoms with Crippen LogP contribution in [-0.4, -0.2) is 50.9 Å². The molecule has 1 amide bonds. The van der Waals surface area contributed by atoms with Crippen LogP contribution in [0.25, 0.3) is 0 Å². The highest BCUT2D eigenvalue weighted by atomic mass is 16.3. The van der Waals surface area contributed by atoms with E-state index in [1.54, 1.807) is 10.9 Å². The number of amides is 1. The van der Waals surface area contributed by atoms with Crippen molar-refractivity contribution < 1.29 is 9.90 Å². The number of hydrogen-bond donors (Lipinski definition) is 2. The number of carbonyl (C=O) groups is 1. The van der Waals surface area contributed by atoms with Gasteiger partial charge in [-0.25, -0.2) is 0 Å². The Morgan fingerprint density at radius 2 is 2.12 bits per heavy atom. The largest absolute Gasteiger partial charge is 0.392 e. The van der Waals surface area contributed by atoms with Crippen LogP contribution in [0.5, 0.6) is 0 Å². The van der Waals surface area contributed by atoms with Gasteiger partial charge in [0.15, 0.2) is 0 Å². The van der Waals surface area contributed by atoms with Gasteiger partial charge in [-0.05, 0) is 18.4 Å². The standard InChI is InChI=1S/C19H26N4O2/c1-3-18-17(13-22(2)21-18)19(25)20-10-15-9-16(24)12-23(15)11-14-7-5-4-6-8-14/h4-8,13,15-16,24H,3,9-12H2,1-2H3,(H,20,25). The van der Waals surface area contributed by atoms with Crippen LogP contribution in [0.1, 0.15) is 35.0 Å². The molecule has 2 heterocycles. The number of benzene rings is 1. The molecule has 3 rings (SSSR count). The summed E-state index contributed by atoms with van der Waals surface area (Å²) in [6.07, 6.45) is 2.83. The second-order valence-corrected chi connectivity index (χ2v) is 6.69. The summed E-state index contributed by atoms with van der Waals surface area (Å²) in [4.78, 5) is 14.7. The summed E-state index contributed by atoms with van der Waals surface area (Å²) in [5.41, 5.74) is 2.67. The van der Waals surface area contributed by atoms with Crippen molar-refractivity contribution in [1.29, 1.82) is 0 Å². The first-order valence-electron chi connectivity index (χ1n) is 8.83. The number of nitrogens with zero attached hydrogens (tertiary/aromatic N) is 3. The van der Waals surface area contributed by atoms with Crippen molar-refractivity contribution in [2.75, 3.05) is 13.1 Å². The van der Waals surface area contributed by atoms with Crippen LogP contribution >= 0.6 is 0 Å². The predicted molar refractivity (Wildman–Crippen MR) is 96.2 cm³/mol. The molecule has 1 saturated heterocycles. The van der Waals surface area contributed by atoms with Crippen molar-refractivity contribution in [3.63, 3.8) is 0 Å². The average Bonchev–Trinajstić information content (AvgIpc) is 3.15. The van der Waals surface area contributed by atoms with Gasteiger partial charge in [-0.3, -0.25) is 14.4 Å². The minimum Gasteiger partial charge on any atom is -0.392 e. The number of aryl methyl sites for hydroxylation is 2. The van der Waals surface area contributed by atoms with E-state index in [4.69, 9.17) is 0 Å². The number of rotatable bonds is 6. The normalized spacial score (nSPS) is 20.8. The van der Waals surface area contributed by atoms with E-state index in [1.165, 1.54) is 5.56 Å². The van der Waals surface area contributed by atoms with Gasteiger partial charge in [0, 0.05) is 38.9 Å². The Bertz CT molecular complexity index is 713. The maximum atomic E-state index is 12.5. The maximum Gasteiger partial charge on any atom is 0.254 e. The lowest BCUT2D eigenvalue weighted by Crippen LogP contribution is -2.40. The summed E-state index contributed by atoms with van der Waals surface area (Å²) in [6, 6.07) is 10.4. The smallest absolute Gasteiger partial charge is 0.254 e. The van der Waals surface area contributed by atoms with E-state index >= 15 is 0 Å². The zero-order valence-electron chi connectivity index (χ0n) is 14.9. The summed E-state index contributed by atoms with van der Waals surface area (Å²) >= 11 is 0. The molecule has 6 heteroatoms. The third-order valence-electron chi connectivity index (χ3n) is 4.72. The van der Waals surface area contributed by atoms with Crippen molar-refractivity contribution >= 4 is 5.91 Å². The fraction of sp³-hybridized carbons (Fsp3) is 0.474. The van der Waals surface area contributed by atoms with Gasteiger partial charge in [-0.15, -0.1) is 0 Å². The summed E-state index contributed by atoms with van der Waals surface area (Å²) in [5, 5.41) is 17.4. The third kappa shape index (κ3) is 4.27. The van der Waals surface area contributed by atoms with E-state index in [0.717, 1.165) is 18.7 Å². The first-order valence-corrected chi connectivity index (χ1v) is 8.83. The molecule has 0 bridgehead atoms. The summed E-state index contributed by atoms with van der Waals surface area (Å²) in [5.74, 6) is -0.0917. The fourth-order valence-electron chi connectivity index (χ4n) is 3.47. The van der Waals surface area contributed by atoms with Crippen LogP contribution in [0.4, 0.5) is 0 Å². The van der Waals surface area contributed by atoms with Gasteiger partial charge in [0.1, 0.15) is 0 Å². The van der Waals surface area contributed by atoms with Crippen LogP contribution in [0, 0.1) is 0 Å². The molecule has 0 spiro atoms. The summed E-state index contributed by atoms with van der Waals surface area (Å²) in [6.45, 7) is 3.95. The average molecular weight is 342 g/mol. The van der Waals surface area contributed by atoms with Crippen molar-refractivity contribution in [3.05, 3.63) is 53.3 Å². The highest BCUT2D eigenvalue weighted by Gasteiger charge is 2.31. The third-order valence-corrected chi connectivity index (χ3v) is 4.72. The Morgan fingerprint density at radius 3 is 2.84 bits per heavy atom. The molecule has 2 unspecified atom stereocenters. The zero-order chi connectivity index (χ0) is 17.8. The van der Waals surface area contributed by atoms with Gasteiger partial charge in [0.25, 0.3) is 5.91 Å². The van der Waals surface area contributed by atoms with E-state index in [2.05, 4.69) is 27.4 Å². The Balaban J connectivity index is 1.61. The molecular formula is C19H26N4O2. The van der Waals surface area contributed by atoms with Crippen LogP contribution in [0.2, 0.25) is 0 Å². The number of aliphatic hydroxyl groups excluding tert-OH is 1. The van der Waals surface area contributed by atoms with E-state index < -0.39 is 0 Å². The first-order chi connectivity index (χ1) is 12.1. The molecule has 2 atom stereocenters. The molecule has 1 aliphatic heterocycles. The molecule has 1 fully saturated rings. The molecule has 6 nitrogen and oxygen atoms in total. The van der Waals surface area contributed by atoms with Gasteiger partial charge in [-0.2, -0.15) is 5.10 Å². The second kappa shape index (κ2) is 7.80. The molecule has 1 aromatic heterocycles. The van der Waals surface area contributed by atoms with Crippen molar-refractivity contribution in [2.24, 2.45) is 7.05 Å². The number of aromatic nitrogens is 2. The SMILES string of the molecule is CCc1nn(C)cc1C(=O)NCC1CC(O)CN1Cc1ccccc1. The fourth-order valence-corrected chi connectivity index (χ4v) is 3.47. The van der Waals surface area contributed by atoms with Crippen molar-refractivity contribution in [3.8, 4) is 0 Å². The summed E-state index contributed by atoms with van der Waals surface area (Å²) < 4.78 is 1.68. The van der Waals surface area contributed by atoms with Gasteiger partial charge in [-0.1, -0.05) is 37.3 Å². The molecular weight excluding hydrogens is 316 g/mol. The molecule has 1 aromatic carbocycles. The number of likely N-dealkylation sites (tertiary alicyclic amines) is 1. The molecule has 0 saturated carbocycles. The number of nitrogens with one attached hydrogen (secondary N) is 1. The Labute approximate surface area is 148 Å². The molecule has 2 N–H and O–H groups in total. The van der Waals surface area contributed by atoms with Crippen molar-refractivity contribution in [1.82, 2.24) is 20.0 Å². The predicted octanol–water partition coefficient (Wildman–Crippen LogP) is 1.35. The minimum absolute atomic E-state index is 0.0917. The van der Waals surface area contributed by atoms with Crippen molar-refractivity contribution in [2.45, 2.75) is 38.5 Å². The quantitative estimate of drug-likeness (QED) is 0.831. The lowest BCUT2D eigenvalue weighted by molar-refractivity contribution is 0.0939. The number of β-amino-alcohol motifs (C(OH)–C–C–N with tert-alkyl or cyclic N) is 1. The zero-order valence-corrected chi connectivity index (χ0v) is 14.9. The monoisotopic (exact) mass is 342 g/mol. The Hall–Kier alpha value is -2.18. The van der Waals surface area contributed by atoms with Crippen LogP contribution in [-0.2, 0) is 20.0 Å². The lowest BCUT2D eigenvalue weighted by Gasteiger charge is -2.24. The minimum atomic E-state index is -0.338. The molecule has 134 valence electrons. The van der Waals surface area contributed by atoms with Crippen LogP contribution in [0.3, 0.4) is 0 Å². The van der Waals surface area contributed by atoms with E-state index in [9.17, 15) is 9.90 Å². The first kappa shape index (κ1) is 17.6. The van der Waals surface area contributed by atoms with Crippen LogP contribution in [0.15, 0.2) is 36.5 Å². The number of hydrogen-bond acceptors (Lipinski definition) is 4.